The van der Waals surface area contributed by atoms with Crippen molar-refractivity contribution in [1.29, 1.82) is 0 Å². The van der Waals surface area contributed by atoms with Gasteiger partial charge in [0.05, 0.1) is 13.0 Å². The summed E-state index contributed by atoms with van der Waals surface area (Å²) in [6, 6.07) is 0. The van der Waals surface area contributed by atoms with Crippen molar-refractivity contribution in [3.05, 3.63) is 0 Å². The summed E-state index contributed by atoms with van der Waals surface area (Å²) in [7, 11) is 0. The molecule has 19 heavy (non-hydrogen) atoms. The molecular formula is C16H31NO2. The van der Waals surface area contributed by atoms with Crippen LogP contribution in [0, 0.1) is 11.8 Å². The number of carbonyl (C=O) groups excluding carboxylic acids is 1. The second-order valence-corrected chi connectivity index (χ2v) is 6.27. The van der Waals surface area contributed by atoms with E-state index in [1.807, 2.05) is 6.92 Å². The highest BCUT2D eigenvalue weighted by Gasteiger charge is 2.37. The van der Waals surface area contributed by atoms with Gasteiger partial charge in [-0.1, -0.05) is 20.8 Å². The van der Waals surface area contributed by atoms with E-state index in [4.69, 9.17) is 4.74 Å². The molecule has 0 unspecified atom stereocenters. The summed E-state index contributed by atoms with van der Waals surface area (Å²) in [5, 5.41) is 3.63. The number of hydrogen-bond donors (Lipinski definition) is 1. The molecule has 0 aliphatic heterocycles. The highest BCUT2D eigenvalue weighted by Crippen LogP contribution is 2.37. The average Bonchev–Trinajstić information content (AvgIpc) is 2.37. The number of ether oxygens (including phenoxy) is 1. The largest absolute Gasteiger partial charge is 0.466 e. The van der Waals surface area contributed by atoms with Gasteiger partial charge in [0.15, 0.2) is 0 Å². The molecule has 0 aromatic carbocycles. The third-order valence-electron chi connectivity index (χ3n) is 4.47. The van der Waals surface area contributed by atoms with E-state index < -0.39 is 0 Å². The molecular weight excluding hydrogens is 238 g/mol. The highest BCUT2D eigenvalue weighted by molar-refractivity contribution is 5.71. The molecule has 0 bridgehead atoms. The lowest BCUT2D eigenvalue weighted by Gasteiger charge is -2.41. The van der Waals surface area contributed by atoms with Gasteiger partial charge in [0.25, 0.3) is 0 Å². The Morgan fingerprint density at radius 2 is 1.95 bits per heavy atom. The molecule has 0 saturated heterocycles. The second-order valence-electron chi connectivity index (χ2n) is 6.27. The Bertz CT molecular complexity index is 268. The summed E-state index contributed by atoms with van der Waals surface area (Å²) in [5.74, 6) is 1.53. The fourth-order valence-electron chi connectivity index (χ4n) is 3.15. The SMILES string of the molecule is CCCNC1(CC(=O)OCC)CCC(C(C)C)CC1. The predicted octanol–water partition coefficient (Wildman–Crippen LogP) is 3.52. The van der Waals surface area contributed by atoms with Gasteiger partial charge in [-0.2, -0.15) is 0 Å². The maximum Gasteiger partial charge on any atom is 0.307 e. The molecule has 0 aromatic rings. The van der Waals surface area contributed by atoms with Gasteiger partial charge in [-0.05, 0) is 57.4 Å². The molecule has 1 aliphatic rings. The Morgan fingerprint density at radius 1 is 1.32 bits per heavy atom. The molecule has 3 heteroatoms. The van der Waals surface area contributed by atoms with E-state index in [-0.39, 0.29) is 11.5 Å². The minimum atomic E-state index is -0.0471. The maximum atomic E-state index is 11.8. The summed E-state index contributed by atoms with van der Waals surface area (Å²) in [6.45, 7) is 10.1. The van der Waals surface area contributed by atoms with Crippen molar-refractivity contribution in [2.24, 2.45) is 11.8 Å². The summed E-state index contributed by atoms with van der Waals surface area (Å²) in [4.78, 5) is 11.8. The first kappa shape index (κ1) is 16.5. The molecule has 0 atom stereocenters. The van der Waals surface area contributed by atoms with E-state index >= 15 is 0 Å². The molecule has 0 amide bonds. The van der Waals surface area contributed by atoms with Gasteiger partial charge in [0.2, 0.25) is 0 Å². The Balaban J connectivity index is 2.59. The monoisotopic (exact) mass is 269 g/mol. The van der Waals surface area contributed by atoms with Crippen molar-refractivity contribution in [2.45, 2.75) is 71.8 Å². The van der Waals surface area contributed by atoms with Crippen LogP contribution in [0.25, 0.3) is 0 Å². The lowest BCUT2D eigenvalue weighted by atomic mass is 9.71. The zero-order valence-corrected chi connectivity index (χ0v) is 13.1. The average molecular weight is 269 g/mol. The summed E-state index contributed by atoms with van der Waals surface area (Å²) in [6.07, 6.45) is 6.31. The van der Waals surface area contributed by atoms with Crippen LogP contribution in [-0.4, -0.2) is 24.7 Å². The molecule has 0 heterocycles. The molecule has 0 radical (unpaired) electrons. The van der Waals surface area contributed by atoms with Crippen molar-refractivity contribution >= 4 is 5.97 Å². The van der Waals surface area contributed by atoms with Crippen molar-refractivity contribution < 1.29 is 9.53 Å². The lowest BCUT2D eigenvalue weighted by molar-refractivity contribution is -0.145. The zero-order valence-electron chi connectivity index (χ0n) is 13.1. The molecule has 1 rings (SSSR count). The number of hydrogen-bond acceptors (Lipinski definition) is 3. The quantitative estimate of drug-likeness (QED) is 0.719. The van der Waals surface area contributed by atoms with E-state index in [1.165, 1.54) is 12.8 Å². The van der Waals surface area contributed by atoms with Crippen LogP contribution in [0.5, 0.6) is 0 Å². The zero-order chi connectivity index (χ0) is 14.3. The standard InChI is InChI=1S/C16H31NO2/c1-5-11-17-16(12-15(18)19-6-2)9-7-14(8-10-16)13(3)4/h13-14,17H,5-12H2,1-4H3. The number of esters is 1. The summed E-state index contributed by atoms with van der Waals surface area (Å²) < 4.78 is 5.14. The van der Waals surface area contributed by atoms with Crippen LogP contribution in [0.2, 0.25) is 0 Å². The number of carbonyl (C=O) groups is 1. The third kappa shape index (κ3) is 5.13. The topological polar surface area (TPSA) is 38.3 Å². The molecule has 1 fully saturated rings. The van der Waals surface area contributed by atoms with Crippen LogP contribution in [-0.2, 0) is 9.53 Å². The Kier molecular flexibility index (Phi) is 6.84. The van der Waals surface area contributed by atoms with Gasteiger partial charge in [0, 0.05) is 5.54 Å². The maximum absolute atomic E-state index is 11.8. The van der Waals surface area contributed by atoms with Crippen LogP contribution >= 0.6 is 0 Å². The van der Waals surface area contributed by atoms with Gasteiger partial charge < -0.3 is 10.1 Å². The Labute approximate surface area is 118 Å². The van der Waals surface area contributed by atoms with Crippen molar-refractivity contribution in [3.8, 4) is 0 Å². The molecule has 112 valence electrons. The Hall–Kier alpha value is -0.570. The first-order chi connectivity index (χ1) is 9.03. The normalized spacial score (nSPS) is 27.5. The molecule has 1 aliphatic carbocycles. The van der Waals surface area contributed by atoms with Gasteiger partial charge >= 0.3 is 5.97 Å². The first-order valence-corrected chi connectivity index (χ1v) is 7.93. The van der Waals surface area contributed by atoms with E-state index in [1.54, 1.807) is 0 Å². The van der Waals surface area contributed by atoms with Crippen molar-refractivity contribution in [3.63, 3.8) is 0 Å². The molecule has 1 saturated carbocycles. The van der Waals surface area contributed by atoms with Crippen molar-refractivity contribution in [2.75, 3.05) is 13.2 Å². The number of nitrogens with one attached hydrogen (secondary N) is 1. The third-order valence-corrected chi connectivity index (χ3v) is 4.47. The van der Waals surface area contributed by atoms with Gasteiger partial charge in [-0.3, -0.25) is 4.79 Å². The van der Waals surface area contributed by atoms with Crippen LogP contribution in [0.3, 0.4) is 0 Å². The van der Waals surface area contributed by atoms with E-state index in [0.717, 1.165) is 37.6 Å². The highest BCUT2D eigenvalue weighted by atomic mass is 16.5. The van der Waals surface area contributed by atoms with Gasteiger partial charge in [-0.15, -0.1) is 0 Å². The lowest BCUT2D eigenvalue weighted by Crippen LogP contribution is -2.50. The van der Waals surface area contributed by atoms with Crippen LogP contribution in [0.1, 0.15) is 66.2 Å². The van der Waals surface area contributed by atoms with E-state index in [9.17, 15) is 4.79 Å². The van der Waals surface area contributed by atoms with Gasteiger partial charge in [-0.25, -0.2) is 0 Å². The Morgan fingerprint density at radius 3 is 2.42 bits per heavy atom. The summed E-state index contributed by atoms with van der Waals surface area (Å²) in [5.41, 5.74) is -0.00630. The van der Waals surface area contributed by atoms with Gasteiger partial charge in [0.1, 0.15) is 0 Å². The molecule has 3 nitrogen and oxygen atoms in total. The van der Waals surface area contributed by atoms with E-state index in [0.29, 0.717) is 13.0 Å². The van der Waals surface area contributed by atoms with Crippen molar-refractivity contribution in [1.82, 2.24) is 5.32 Å². The minimum Gasteiger partial charge on any atom is -0.466 e. The predicted molar refractivity (Wildman–Crippen MR) is 79.1 cm³/mol. The fourth-order valence-corrected chi connectivity index (χ4v) is 3.15. The second kappa shape index (κ2) is 7.88. The van der Waals surface area contributed by atoms with Crippen LogP contribution in [0.15, 0.2) is 0 Å². The van der Waals surface area contributed by atoms with Crippen LogP contribution in [0.4, 0.5) is 0 Å². The number of rotatable bonds is 7. The fraction of sp³-hybridized carbons (Fsp3) is 0.938. The van der Waals surface area contributed by atoms with E-state index in [2.05, 4.69) is 26.1 Å². The molecule has 0 aromatic heterocycles. The minimum absolute atomic E-state index is 0.00630. The smallest absolute Gasteiger partial charge is 0.307 e. The van der Waals surface area contributed by atoms with Crippen LogP contribution < -0.4 is 5.32 Å². The molecule has 1 N–H and O–H groups in total. The summed E-state index contributed by atoms with van der Waals surface area (Å²) >= 11 is 0. The molecule has 0 spiro atoms. The first-order valence-electron chi connectivity index (χ1n) is 7.93.